The van der Waals surface area contributed by atoms with Crippen molar-refractivity contribution >= 4 is 40.9 Å². The quantitative estimate of drug-likeness (QED) is 0.759. The van der Waals surface area contributed by atoms with E-state index in [4.69, 9.17) is 10.5 Å². The molecule has 0 spiro atoms. The Morgan fingerprint density at radius 3 is 2.81 bits per heavy atom. The van der Waals surface area contributed by atoms with E-state index in [1.165, 1.54) is 0 Å². The number of piperidine rings is 1. The summed E-state index contributed by atoms with van der Waals surface area (Å²) in [7, 11) is 1.63. The maximum absolute atomic E-state index is 12.6. The summed E-state index contributed by atoms with van der Waals surface area (Å²) >= 11 is 2.19. The Kier molecular flexibility index (Phi) is 7.23. The van der Waals surface area contributed by atoms with Crippen molar-refractivity contribution in [3.05, 3.63) is 27.3 Å². The molecule has 1 fully saturated rings. The molecule has 118 valence electrons. The van der Waals surface area contributed by atoms with Gasteiger partial charge in [-0.15, -0.1) is 12.4 Å². The molecular formula is C15H22ClIN2O2. The van der Waals surface area contributed by atoms with Crippen molar-refractivity contribution in [1.82, 2.24) is 4.90 Å². The smallest absolute Gasteiger partial charge is 0.254 e. The van der Waals surface area contributed by atoms with Gasteiger partial charge < -0.3 is 15.4 Å². The van der Waals surface area contributed by atoms with E-state index in [1.807, 2.05) is 30.0 Å². The average Bonchev–Trinajstić information content (AvgIpc) is 2.46. The van der Waals surface area contributed by atoms with Crippen LogP contribution >= 0.6 is 35.0 Å². The van der Waals surface area contributed by atoms with Crippen molar-refractivity contribution in [2.75, 3.05) is 20.2 Å². The Hall–Kier alpha value is -0.530. The highest BCUT2D eigenvalue weighted by Crippen LogP contribution is 2.24. The Bertz CT molecular complexity index is 497. The van der Waals surface area contributed by atoms with Crippen LogP contribution in [0.5, 0.6) is 5.75 Å². The fourth-order valence-electron chi connectivity index (χ4n) is 2.59. The van der Waals surface area contributed by atoms with E-state index in [1.54, 1.807) is 7.11 Å². The van der Waals surface area contributed by atoms with Crippen LogP contribution in [0.3, 0.4) is 0 Å². The molecule has 2 N–H and O–H groups in total. The molecule has 0 radical (unpaired) electrons. The molecule has 2 atom stereocenters. The normalized spacial score (nSPS) is 19.6. The van der Waals surface area contributed by atoms with Gasteiger partial charge in [0.05, 0.1) is 12.7 Å². The van der Waals surface area contributed by atoms with E-state index in [9.17, 15) is 4.79 Å². The van der Waals surface area contributed by atoms with Gasteiger partial charge in [-0.25, -0.2) is 0 Å². The maximum atomic E-state index is 12.6. The number of hydrogen-bond acceptors (Lipinski definition) is 3. The summed E-state index contributed by atoms with van der Waals surface area (Å²) in [5.74, 6) is 1.28. The van der Waals surface area contributed by atoms with Gasteiger partial charge in [0.1, 0.15) is 5.75 Å². The van der Waals surface area contributed by atoms with Gasteiger partial charge in [0, 0.05) is 22.7 Å². The van der Waals surface area contributed by atoms with Crippen LogP contribution in [0.1, 0.15) is 30.1 Å². The molecule has 1 aliphatic heterocycles. The SMILES string of the molecule is COc1ccc(C(=O)N2CCCC(C(C)N)C2)c(I)c1.Cl. The number of methoxy groups -OCH3 is 1. The molecule has 0 aromatic heterocycles. The molecule has 1 amide bonds. The predicted octanol–water partition coefficient (Wildman–Crippen LogP) is 2.92. The Labute approximate surface area is 145 Å². The number of nitrogens with two attached hydrogens (primary N) is 1. The minimum Gasteiger partial charge on any atom is -0.497 e. The minimum absolute atomic E-state index is 0. The van der Waals surface area contributed by atoms with E-state index >= 15 is 0 Å². The first-order valence-corrected chi connectivity index (χ1v) is 7.99. The second kappa shape index (κ2) is 8.19. The zero-order valence-electron chi connectivity index (χ0n) is 12.3. The van der Waals surface area contributed by atoms with Crippen molar-refractivity contribution in [2.24, 2.45) is 11.7 Å². The van der Waals surface area contributed by atoms with E-state index in [0.29, 0.717) is 5.92 Å². The van der Waals surface area contributed by atoms with Gasteiger partial charge in [0.25, 0.3) is 5.91 Å². The van der Waals surface area contributed by atoms with Crippen LogP contribution in [0.2, 0.25) is 0 Å². The first-order valence-electron chi connectivity index (χ1n) is 6.91. The lowest BCUT2D eigenvalue weighted by atomic mass is 9.92. The number of carbonyl (C=O) groups excluding carboxylic acids is 1. The lowest BCUT2D eigenvalue weighted by molar-refractivity contribution is 0.0660. The third-order valence-corrected chi connectivity index (χ3v) is 4.79. The van der Waals surface area contributed by atoms with Gasteiger partial charge in [-0.2, -0.15) is 0 Å². The zero-order valence-corrected chi connectivity index (χ0v) is 15.3. The van der Waals surface area contributed by atoms with Crippen LogP contribution in [-0.4, -0.2) is 37.0 Å². The van der Waals surface area contributed by atoms with Crippen molar-refractivity contribution in [3.8, 4) is 5.75 Å². The highest BCUT2D eigenvalue weighted by atomic mass is 127. The Balaban J connectivity index is 0.00000220. The summed E-state index contributed by atoms with van der Waals surface area (Å²) in [6, 6.07) is 5.71. The summed E-state index contributed by atoms with van der Waals surface area (Å²) in [6.45, 7) is 3.61. The molecular weight excluding hydrogens is 403 g/mol. The van der Waals surface area contributed by atoms with Gasteiger partial charge in [0.15, 0.2) is 0 Å². The number of carbonyl (C=O) groups is 1. The first-order chi connectivity index (χ1) is 9.52. The van der Waals surface area contributed by atoms with Crippen LogP contribution in [-0.2, 0) is 0 Å². The standard InChI is InChI=1S/C15H21IN2O2.ClH/c1-10(17)11-4-3-7-18(9-11)15(19)13-6-5-12(20-2)8-14(13)16;/h5-6,8,10-11H,3-4,7,9,17H2,1-2H3;1H. The lowest BCUT2D eigenvalue weighted by Crippen LogP contribution is -2.45. The molecule has 0 saturated carbocycles. The largest absolute Gasteiger partial charge is 0.497 e. The molecule has 1 aliphatic rings. The molecule has 1 aromatic rings. The predicted molar refractivity (Wildman–Crippen MR) is 95.2 cm³/mol. The number of ether oxygens (including phenoxy) is 1. The molecule has 0 bridgehead atoms. The molecule has 1 saturated heterocycles. The fraction of sp³-hybridized carbons (Fsp3) is 0.533. The van der Waals surface area contributed by atoms with Crippen LogP contribution in [0, 0.1) is 9.49 Å². The molecule has 2 unspecified atom stereocenters. The highest BCUT2D eigenvalue weighted by Gasteiger charge is 2.27. The molecule has 4 nitrogen and oxygen atoms in total. The molecule has 0 aliphatic carbocycles. The number of halogens is 2. The number of benzene rings is 1. The van der Waals surface area contributed by atoms with Crippen LogP contribution in [0.15, 0.2) is 18.2 Å². The zero-order chi connectivity index (χ0) is 14.7. The van der Waals surface area contributed by atoms with E-state index in [-0.39, 0.29) is 24.4 Å². The summed E-state index contributed by atoms with van der Waals surface area (Å²) in [6.07, 6.45) is 2.14. The van der Waals surface area contributed by atoms with E-state index < -0.39 is 0 Å². The Morgan fingerprint density at radius 1 is 1.52 bits per heavy atom. The molecule has 1 heterocycles. The summed E-state index contributed by atoms with van der Waals surface area (Å²) in [4.78, 5) is 14.6. The van der Waals surface area contributed by atoms with Gasteiger partial charge in [-0.05, 0) is 66.5 Å². The van der Waals surface area contributed by atoms with Crippen molar-refractivity contribution in [2.45, 2.75) is 25.8 Å². The molecule has 6 heteroatoms. The van der Waals surface area contributed by atoms with E-state index in [2.05, 4.69) is 22.6 Å². The monoisotopic (exact) mass is 424 g/mol. The van der Waals surface area contributed by atoms with Gasteiger partial charge in [-0.1, -0.05) is 0 Å². The number of rotatable bonds is 3. The second-order valence-corrected chi connectivity index (χ2v) is 6.52. The Morgan fingerprint density at radius 2 is 2.24 bits per heavy atom. The van der Waals surface area contributed by atoms with Crippen molar-refractivity contribution in [1.29, 1.82) is 0 Å². The third-order valence-electron chi connectivity index (χ3n) is 3.90. The summed E-state index contributed by atoms with van der Waals surface area (Å²) in [5, 5.41) is 0. The first kappa shape index (κ1) is 18.5. The fourth-order valence-corrected chi connectivity index (χ4v) is 3.31. The van der Waals surface area contributed by atoms with E-state index in [0.717, 1.165) is 40.8 Å². The number of nitrogens with zero attached hydrogens (tertiary/aromatic N) is 1. The lowest BCUT2D eigenvalue weighted by Gasteiger charge is -2.34. The van der Waals surface area contributed by atoms with Gasteiger partial charge in [-0.3, -0.25) is 4.79 Å². The average molecular weight is 425 g/mol. The van der Waals surface area contributed by atoms with Gasteiger partial charge >= 0.3 is 0 Å². The topological polar surface area (TPSA) is 55.6 Å². The van der Waals surface area contributed by atoms with Crippen LogP contribution in [0.4, 0.5) is 0 Å². The number of hydrogen-bond donors (Lipinski definition) is 1. The number of amides is 1. The second-order valence-electron chi connectivity index (χ2n) is 5.36. The van der Waals surface area contributed by atoms with Gasteiger partial charge in [0.2, 0.25) is 0 Å². The van der Waals surface area contributed by atoms with Crippen molar-refractivity contribution in [3.63, 3.8) is 0 Å². The highest BCUT2D eigenvalue weighted by molar-refractivity contribution is 14.1. The molecule has 21 heavy (non-hydrogen) atoms. The van der Waals surface area contributed by atoms with Crippen LogP contribution < -0.4 is 10.5 Å². The van der Waals surface area contributed by atoms with Crippen LogP contribution in [0.25, 0.3) is 0 Å². The summed E-state index contributed by atoms with van der Waals surface area (Å²) in [5.41, 5.74) is 6.73. The minimum atomic E-state index is 0. The third kappa shape index (κ3) is 4.47. The van der Waals surface area contributed by atoms with Crippen molar-refractivity contribution < 1.29 is 9.53 Å². The molecule has 1 aromatic carbocycles. The molecule has 2 rings (SSSR count). The maximum Gasteiger partial charge on any atom is 0.254 e. The summed E-state index contributed by atoms with van der Waals surface area (Å²) < 4.78 is 6.10. The number of likely N-dealkylation sites (tertiary alicyclic amines) is 1.